The quantitative estimate of drug-likeness (QED) is 0.370. The lowest BCUT2D eigenvalue weighted by atomic mass is 9.87. The number of aliphatic hydroxyl groups excluding tert-OH is 2. The number of ether oxygens (including phenoxy) is 2. The SMILES string of the molecule is O=C(NCCO)C1=CC(Oc2ccccc2I)C(O)C(N(Cc2ccccc2F)C(=O)C2CCOC2)C1. The average molecular weight is 624 g/mol. The van der Waals surface area contributed by atoms with Crippen molar-refractivity contribution in [3.8, 4) is 5.75 Å². The van der Waals surface area contributed by atoms with Gasteiger partial charge in [-0.05, 0) is 53.3 Å². The Kier molecular flexibility index (Phi) is 9.52. The van der Waals surface area contributed by atoms with Gasteiger partial charge in [0.1, 0.15) is 23.8 Å². The van der Waals surface area contributed by atoms with Gasteiger partial charge in [-0.25, -0.2) is 4.39 Å². The number of halogens is 2. The summed E-state index contributed by atoms with van der Waals surface area (Å²) in [7, 11) is 0. The predicted molar refractivity (Wildman–Crippen MR) is 142 cm³/mol. The van der Waals surface area contributed by atoms with Crippen LogP contribution in [0.2, 0.25) is 0 Å². The molecule has 4 unspecified atom stereocenters. The minimum absolute atomic E-state index is 0.0396. The monoisotopic (exact) mass is 624 g/mol. The van der Waals surface area contributed by atoms with Crippen LogP contribution in [0.4, 0.5) is 4.39 Å². The fraction of sp³-hybridized carbons (Fsp3) is 0.407. The number of amides is 2. The molecule has 4 rings (SSSR count). The summed E-state index contributed by atoms with van der Waals surface area (Å²) >= 11 is 2.12. The molecule has 0 spiro atoms. The van der Waals surface area contributed by atoms with E-state index in [0.29, 0.717) is 29.9 Å². The summed E-state index contributed by atoms with van der Waals surface area (Å²) in [5.74, 6) is -1.06. The number of rotatable bonds is 9. The number of hydrogen-bond donors (Lipinski definition) is 3. The predicted octanol–water partition coefficient (Wildman–Crippen LogP) is 2.41. The van der Waals surface area contributed by atoms with Gasteiger partial charge in [-0.1, -0.05) is 30.3 Å². The fourth-order valence-corrected chi connectivity index (χ4v) is 5.11. The molecule has 2 aliphatic rings. The minimum atomic E-state index is -1.19. The highest BCUT2D eigenvalue weighted by atomic mass is 127. The molecule has 0 aromatic heterocycles. The molecule has 2 aromatic rings. The number of carbonyl (C=O) groups excluding carboxylic acids is 2. The van der Waals surface area contributed by atoms with Crippen LogP contribution in [0.3, 0.4) is 0 Å². The Morgan fingerprint density at radius 2 is 1.95 bits per heavy atom. The van der Waals surface area contributed by atoms with Crippen molar-refractivity contribution in [2.75, 3.05) is 26.4 Å². The first-order chi connectivity index (χ1) is 17.9. The standard InChI is InChI=1S/C27H30FIN2O6/c28-20-6-2-1-5-17(20)15-31(27(35)18-9-12-36-16-18)22-13-19(26(34)30-10-11-32)14-24(25(22)33)37-23-8-4-3-7-21(23)29/h1-8,14,18,22,24-25,32-33H,9-13,15-16H2,(H,30,34). The van der Waals surface area contributed by atoms with Gasteiger partial charge in [0.25, 0.3) is 0 Å². The molecule has 1 aliphatic heterocycles. The van der Waals surface area contributed by atoms with Crippen LogP contribution in [0, 0.1) is 15.3 Å². The molecule has 4 atom stereocenters. The van der Waals surface area contributed by atoms with Crippen LogP contribution in [0.15, 0.2) is 60.2 Å². The zero-order valence-electron chi connectivity index (χ0n) is 20.2. The summed E-state index contributed by atoms with van der Waals surface area (Å²) in [6, 6.07) is 12.6. The molecule has 37 heavy (non-hydrogen) atoms. The van der Waals surface area contributed by atoms with Crippen molar-refractivity contribution in [2.24, 2.45) is 5.92 Å². The summed E-state index contributed by atoms with van der Waals surface area (Å²) < 4.78 is 27.0. The van der Waals surface area contributed by atoms with E-state index in [4.69, 9.17) is 14.6 Å². The molecule has 198 valence electrons. The van der Waals surface area contributed by atoms with Crippen LogP contribution in [-0.4, -0.2) is 71.5 Å². The molecule has 10 heteroatoms. The number of nitrogens with one attached hydrogen (secondary N) is 1. The van der Waals surface area contributed by atoms with E-state index in [-0.39, 0.29) is 38.6 Å². The molecule has 1 fully saturated rings. The van der Waals surface area contributed by atoms with E-state index in [2.05, 4.69) is 27.9 Å². The first kappa shape index (κ1) is 27.5. The van der Waals surface area contributed by atoms with Crippen molar-refractivity contribution in [1.82, 2.24) is 10.2 Å². The minimum Gasteiger partial charge on any atom is -0.482 e. The molecule has 8 nitrogen and oxygen atoms in total. The van der Waals surface area contributed by atoms with Crippen molar-refractivity contribution in [3.05, 3.63) is 75.1 Å². The number of nitrogens with zero attached hydrogens (tertiary/aromatic N) is 1. The van der Waals surface area contributed by atoms with Gasteiger partial charge in [-0.15, -0.1) is 0 Å². The molecule has 1 saturated heterocycles. The van der Waals surface area contributed by atoms with Crippen LogP contribution >= 0.6 is 22.6 Å². The van der Waals surface area contributed by atoms with Gasteiger partial charge < -0.3 is 29.9 Å². The zero-order valence-corrected chi connectivity index (χ0v) is 22.3. The highest BCUT2D eigenvalue weighted by molar-refractivity contribution is 14.1. The lowest BCUT2D eigenvalue weighted by molar-refractivity contribution is -0.143. The lowest BCUT2D eigenvalue weighted by Gasteiger charge is -2.41. The van der Waals surface area contributed by atoms with Gasteiger partial charge in [0.05, 0.1) is 28.7 Å². The number of benzene rings is 2. The second-order valence-corrected chi connectivity index (χ2v) is 10.2. The third-order valence-electron chi connectivity index (χ3n) is 6.57. The summed E-state index contributed by atoms with van der Waals surface area (Å²) in [5, 5.41) is 23.3. The van der Waals surface area contributed by atoms with E-state index in [1.54, 1.807) is 36.4 Å². The Morgan fingerprint density at radius 1 is 1.19 bits per heavy atom. The Balaban J connectivity index is 1.70. The Labute approximate surface area is 228 Å². The third-order valence-corrected chi connectivity index (χ3v) is 7.47. The van der Waals surface area contributed by atoms with Gasteiger partial charge in [-0.3, -0.25) is 9.59 Å². The van der Waals surface area contributed by atoms with E-state index >= 15 is 0 Å². The molecule has 0 saturated carbocycles. The lowest BCUT2D eigenvalue weighted by Crippen LogP contribution is -2.56. The molecular formula is C27H30FIN2O6. The van der Waals surface area contributed by atoms with Crippen molar-refractivity contribution in [2.45, 2.75) is 37.6 Å². The van der Waals surface area contributed by atoms with E-state index in [1.807, 2.05) is 12.1 Å². The average Bonchev–Trinajstić information content (AvgIpc) is 3.44. The Hall–Kier alpha value is -2.54. The van der Waals surface area contributed by atoms with Gasteiger partial charge in [0.2, 0.25) is 11.8 Å². The van der Waals surface area contributed by atoms with Crippen LogP contribution in [0.1, 0.15) is 18.4 Å². The summed E-state index contributed by atoms with van der Waals surface area (Å²) in [6.45, 7) is 0.446. The molecule has 1 heterocycles. The van der Waals surface area contributed by atoms with Gasteiger partial charge in [-0.2, -0.15) is 0 Å². The summed E-state index contributed by atoms with van der Waals surface area (Å²) in [6.07, 6.45) is -0.0138. The molecule has 2 amide bonds. The highest BCUT2D eigenvalue weighted by Gasteiger charge is 2.42. The van der Waals surface area contributed by atoms with Gasteiger partial charge in [0, 0.05) is 37.3 Å². The third kappa shape index (κ3) is 6.67. The number of carbonyl (C=O) groups is 2. The van der Waals surface area contributed by atoms with E-state index < -0.39 is 35.9 Å². The number of aliphatic hydroxyl groups is 2. The number of para-hydroxylation sites is 1. The maximum Gasteiger partial charge on any atom is 0.247 e. The van der Waals surface area contributed by atoms with Crippen LogP contribution in [0.25, 0.3) is 0 Å². The second-order valence-electron chi connectivity index (χ2n) is 9.06. The van der Waals surface area contributed by atoms with Crippen LogP contribution in [-0.2, 0) is 20.9 Å². The second kappa shape index (κ2) is 12.8. The van der Waals surface area contributed by atoms with Crippen molar-refractivity contribution in [3.63, 3.8) is 0 Å². The molecule has 2 aromatic carbocycles. The van der Waals surface area contributed by atoms with Crippen molar-refractivity contribution < 1.29 is 33.7 Å². The molecular weight excluding hydrogens is 594 g/mol. The summed E-state index contributed by atoms with van der Waals surface area (Å²) in [4.78, 5) is 28.1. The Morgan fingerprint density at radius 3 is 2.65 bits per heavy atom. The molecule has 0 bridgehead atoms. The normalized spacial score (nSPS) is 23.3. The van der Waals surface area contributed by atoms with Crippen LogP contribution in [0.5, 0.6) is 5.75 Å². The fourth-order valence-electron chi connectivity index (χ4n) is 4.60. The first-order valence-electron chi connectivity index (χ1n) is 12.2. The first-order valence-corrected chi connectivity index (χ1v) is 13.3. The van der Waals surface area contributed by atoms with Gasteiger partial charge >= 0.3 is 0 Å². The van der Waals surface area contributed by atoms with Gasteiger partial charge in [0.15, 0.2) is 0 Å². The molecule has 0 radical (unpaired) electrons. The maximum atomic E-state index is 14.7. The summed E-state index contributed by atoms with van der Waals surface area (Å²) in [5.41, 5.74) is 0.617. The van der Waals surface area contributed by atoms with E-state index in [1.165, 1.54) is 11.0 Å². The largest absolute Gasteiger partial charge is 0.482 e. The zero-order chi connectivity index (χ0) is 26.4. The van der Waals surface area contributed by atoms with E-state index in [0.717, 1.165) is 3.57 Å². The van der Waals surface area contributed by atoms with Crippen LogP contribution < -0.4 is 10.1 Å². The maximum absolute atomic E-state index is 14.7. The topological polar surface area (TPSA) is 108 Å². The highest BCUT2D eigenvalue weighted by Crippen LogP contribution is 2.32. The smallest absolute Gasteiger partial charge is 0.247 e. The molecule has 1 aliphatic carbocycles. The molecule has 3 N–H and O–H groups in total. The van der Waals surface area contributed by atoms with E-state index in [9.17, 15) is 19.1 Å². The number of hydrogen-bond acceptors (Lipinski definition) is 6. The van der Waals surface area contributed by atoms with Crippen molar-refractivity contribution in [1.29, 1.82) is 0 Å². The van der Waals surface area contributed by atoms with Crippen molar-refractivity contribution >= 4 is 34.4 Å². The Bertz CT molecular complexity index is 1140.